The van der Waals surface area contributed by atoms with Gasteiger partial charge < -0.3 is 10.2 Å². The van der Waals surface area contributed by atoms with Gasteiger partial charge in [0, 0.05) is 18.6 Å². The Bertz CT molecular complexity index is 284. The molecule has 1 aliphatic carbocycles. The molecule has 0 amide bonds. The number of hydrogen-bond donors (Lipinski definition) is 1. The Morgan fingerprint density at radius 2 is 1.62 bits per heavy atom. The molecule has 0 spiro atoms. The molecule has 1 unspecified atom stereocenters. The highest BCUT2D eigenvalue weighted by atomic mass is 15.3. The molecule has 3 nitrogen and oxygen atoms in total. The maximum absolute atomic E-state index is 3.61. The molecule has 1 N–H and O–H groups in total. The van der Waals surface area contributed by atoms with Gasteiger partial charge in [0.05, 0.1) is 0 Å². The van der Waals surface area contributed by atoms with Gasteiger partial charge in [-0.25, -0.2) is 0 Å². The first-order chi connectivity index (χ1) is 10.4. The fourth-order valence-electron chi connectivity index (χ4n) is 4.00. The second kappa shape index (κ2) is 8.50. The summed E-state index contributed by atoms with van der Waals surface area (Å²) in [5, 5.41) is 3.61. The number of likely N-dealkylation sites (tertiary alicyclic amines) is 2. The molecule has 2 heterocycles. The fraction of sp³-hybridized carbons (Fsp3) is 1.00. The van der Waals surface area contributed by atoms with Crippen LogP contribution in [0.3, 0.4) is 0 Å². The van der Waals surface area contributed by atoms with Crippen LogP contribution in [0.5, 0.6) is 0 Å². The predicted molar refractivity (Wildman–Crippen MR) is 89.8 cm³/mol. The molecule has 0 aromatic rings. The van der Waals surface area contributed by atoms with Gasteiger partial charge >= 0.3 is 0 Å². The summed E-state index contributed by atoms with van der Waals surface area (Å²) in [6, 6.07) is 1.77. The van der Waals surface area contributed by atoms with Gasteiger partial charge in [-0.15, -0.1) is 0 Å². The van der Waals surface area contributed by atoms with Crippen LogP contribution in [0.1, 0.15) is 64.2 Å². The van der Waals surface area contributed by atoms with Crippen molar-refractivity contribution >= 4 is 0 Å². The Labute approximate surface area is 131 Å². The van der Waals surface area contributed by atoms with Crippen molar-refractivity contribution in [2.75, 3.05) is 39.3 Å². The monoisotopic (exact) mass is 293 g/mol. The van der Waals surface area contributed by atoms with Crippen molar-refractivity contribution in [2.24, 2.45) is 0 Å². The molecular formula is C18H35N3. The Balaban J connectivity index is 1.18. The van der Waals surface area contributed by atoms with E-state index in [-0.39, 0.29) is 0 Å². The lowest BCUT2D eigenvalue weighted by Crippen LogP contribution is -2.40. The van der Waals surface area contributed by atoms with Crippen molar-refractivity contribution < 1.29 is 0 Å². The minimum absolute atomic E-state index is 0.882. The molecule has 3 aliphatic rings. The third kappa shape index (κ3) is 5.54. The maximum atomic E-state index is 3.61. The number of rotatable bonds is 9. The van der Waals surface area contributed by atoms with E-state index in [0.717, 1.165) is 12.1 Å². The van der Waals surface area contributed by atoms with E-state index in [4.69, 9.17) is 0 Å². The van der Waals surface area contributed by atoms with Gasteiger partial charge in [0.25, 0.3) is 0 Å². The SMILES string of the molecule is C(CCCN1CCC(N2CCCCC2)C1)CCNC1CC1. The maximum Gasteiger partial charge on any atom is 0.0235 e. The second-order valence-electron chi connectivity index (χ2n) is 7.48. The van der Waals surface area contributed by atoms with E-state index in [9.17, 15) is 0 Å². The van der Waals surface area contributed by atoms with Crippen molar-refractivity contribution in [1.29, 1.82) is 0 Å². The van der Waals surface area contributed by atoms with Crippen molar-refractivity contribution in [3.05, 3.63) is 0 Å². The zero-order chi connectivity index (χ0) is 14.3. The summed E-state index contributed by atoms with van der Waals surface area (Å²) in [5.41, 5.74) is 0. The lowest BCUT2D eigenvalue weighted by atomic mass is 10.1. The third-order valence-corrected chi connectivity index (χ3v) is 5.57. The van der Waals surface area contributed by atoms with Gasteiger partial charge in [0.1, 0.15) is 0 Å². The van der Waals surface area contributed by atoms with Crippen LogP contribution in [0.2, 0.25) is 0 Å². The zero-order valence-electron chi connectivity index (χ0n) is 13.9. The first kappa shape index (κ1) is 15.8. The van der Waals surface area contributed by atoms with Crippen LogP contribution in [0, 0.1) is 0 Å². The van der Waals surface area contributed by atoms with Crippen LogP contribution in [0.15, 0.2) is 0 Å². The topological polar surface area (TPSA) is 18.5 Å². The Kier molecular flexibility index (Phi) is 6.38. The van der Waals surface area contributed by atoms with Crippen LogP contribution >= 0.6 is 0 Å². The minimum Gasteiger partial charge on any atom is -0.314 e. The highest BCUT2D eigenvalue weighted by Crippen LogP contribution is 2.21. The summed E-state index contributed by atoms with van der Waals surface area (Å²) in [4.78, 5) is 5.49. The average Bonchev–Trinajstić information content (AvgIpc) is 3.23. The summed E-state index contributed by atoms with van der Waals surface area (Å²) in [5.74, 6) is 0. The molecule has 3 rings (SSSR count). The first-order valence-electron chi connectivity index (χ1n) is 9.61. The van der Waals surface area contributed by atoms with E-state index in [2.05, 4.69) is 15.1 Å². The van der Waals surface area contributed by atoms with E-state index >= 15 is 0 Å². The van der Waals surface area contributed by atoms with Crippen molar-refractivity contribution in [3.63, 3.8) is 0 Å². The van der Waals surface area contributed by atoms with E-state index in [1.807, 2.05) is 0 Å². The van der Waals surface area contributed by atoms with E-state index < -0.39 is 0 Å². The summed E-state index contributed by atoms with van der Waals surface area (Å²) in [6.07, 6.45) is 14.2. The van der Waals surface area contributed by atoms with Crippen molar-refractivity contribution in [3.8, 4) is 0 Å². The molecular weight excluding hydrogens is 258 g/mol. The highest BCUT2D eigenvalue weighted by molar-refractivity contribution is 4.84. The fourth-order valence-corrected chi connectivity index (χ4v) is 4.00. The predicted octanol–water partition coefficient (Wildman–Crippen LogP) is 2.86. The van der Waals surface area contributed by atoms with Crippen LogP contribution in [-0.4, -0.2) is 61.2 Å². The summed E-state index contributed by atoms with van der Waals surface area (Å²) >= 11 is 0. The largest absolute Gasteiger partial charge is 0.314 e. The third-order valence-electron chi connectivity index (χ3n) is 5.57. The Morgan fingerprint density at radius 3 is 2.43 bits per heavy atom. The quantitative estimate of drug-likeness (QED) is 0.660. The smallest absolute Gasteiger partial charge is 0.0235 e. The molecule has 1 atom stereocenters. The van der Waals surface area contributed by atoms with E-state index in [1.54, 1.807) is 0 Å². The van der Waals surface area contributed by atoms with Crippen LogP contribution < -0.4 is 5.32 Å². The number of hydrogen-bond acceptors (Lipinski definition) is 3. The molecule has 1 saturated carbocycles. The molecule has 3 heteroatoms. The molecule has 0 aromatic heterocycles. The number of nitrogens with zero attached hydrogens (tertiary/aromatic N) is 2. The van der Waals surface area contributed by atoms with Crippen molar-refractivity contribution in [1.82, 2.24) is 15.1 Å². The van der Waals surface area contributed by atoms with Crippen LogP contribution in [-0.2, 0) is 0 Å². The summed E-state index contributed by atoms with van der Waals surface area (Å²) < 4.78 is 0. The number of nitrogens with one attached hydrogen (secondary N) is 1. The van der Waals surface area contributed by atoms with Crippen LogP contribution in [0.25, 0.3) is 0 Å². The highest BCUT2D eigenvalue weighted by Gasteiger charge is 2.27. The number of piperidine rings is 1. The molecule has 122 valence electrons. The van der Waals surface area contributed by atoms with Gasteiger partial charge in [-0.3, -0.25) is 4.90 Å². The number of unbranched alkanes of at least 4 members (excludes halogenated alkanes) is 3. The van der Waals surface area contributed by atoms with Gasteiger partial charge in [-0.1, -0.05) is 19.3 Å². The summed E-state index contributed by atoms with van der Waals surface area (Å²) in [6.45, 7) is 8.04. The van der Waals surface area contributed by atoms with Crippen molar-refractivity contribution in [2.45, 2.75) is 76.3 Å². The van der Waals surface area contributed by atoms with E-state index in [1.165, 1.54) is 103 Å². The summed E-state index contributed by atoms with van der Waals surface area (Å²) in [7, 11) is 0. The average molecular weight is 293 g/mol. The van der Waals surface area contributed by atoms with Gasteiger partial charge in [-0.2, -0.15) is 0 Å². The van der Waals surface area contributed by atoms with Gasteiger partial charge in [-0.05, 0) is 77.7 Å². The van der Waals surface area contributed by atoms with E-state index in [0.29, 0.717) is 0 Å². The molecule has 2 saturated heterocycles. The lowest BCUT2D eigenvalue weighted by Gasteiger charge is -2.32. The first-order valence-corrected chi connectivity index (χ1v) is 9.61. The standard InChI is InChI=1S/C18H35N3/c1(4-11-19-17-8-9-17)2-5-12-20-15-10-18(16-20)21-13-6-3-7-14-21/h17-19H,1-16H2. The Hall–Kier alpha value is -0.120. The molecule has 3 fully saturated rings. The van der Waals surface area contributed by atoms with Crippen LogP contribution in [0.4, 0.5) is 0 Å². The molecule has 21 heavy (non-hydrogen) atoms. The molecule has 0 aromatic carbocycles. The Morgan fingerprint density at radius 1 is 0.810 bits per heavy atom. The zero-order valence-corrected chi connectivity index (χ0v) is 13.9. The van der Waals surface area contributed by atoms with Gasteiger partial charge in [0.2, 0.25) is 0 Å². The normalized spacial score (nSPS) is 28.3. The molecule has 0 bridgehead atoms. The lowest BCUT2D eigenvalue weighted by molar-refractivity contribution is 0.162. The second-order valence-corrected chi connectivity index (χ2v) is 7.48. The minimum atomic E-state index is 0.882. The molecule has 0 radical (unpaired) electrons. The molecule has 2 aliphatic heterocycles. The van der Waals surface area contributed by atoms with Gasteiger partial charge in [0.15, 0.2) is 0 Å².